The van der Waals surface area contributed by atoms with Crippen molar-refractivity contribution in [3.63, 3.8) is 0 Å². The fourth-order valence-corrected chi connectivity index (χ4v) is 5.65. The van der Waals surface area contributed by atoms with E-state index < -0.39 is 15.8 Å². The van der Waals surface area contributed by atoms with E-state index in [9.17, 15) is 12.8 Å². The molecule has 12 heteroatoms. The zero-order valence-electron chi connectivity index (χ0n) is 21.5. The Labute approximate surface area is 232 Å². The average molecular weight is 580 g/mol. The predicted octanol–water partition coefficient (Wildman–Crippen LogP) is 5.11. The highest BCUT2D eigenvalue weighted by Crippen LogP contribution is 2.33. The van der Waals surface area contributed by atoms with Crippen LogP contribution in [0, 0.1) is 18.2 Å². The molecule has 1 aliphatic rings. The summed E-state index contributed by atoms with van der Waals surface area (Å²) in [6.07, 6.45) is 2.27. The van der Waals surface area contributed by atoms with E-state index in [0.717, 1.165) is 18.0 Å². The van der Waals surface area contributed by atoms with Gasteiger partial charge in [-0.3, -0.25) is 0 Å². The Morgan fingerprint density at radius 2 is 1.66 bits per heavy atom. The fourth-order valence-electron chi connectivity index (χ4n) is 4.28. The van der Waals surface area contributed by atoms with Crippen molar-refractivity contribution in [2.24, 2.45) is 10.5 Å². The standard InChI is InChI=1S/C26H29Cl2FN6O2S/c1-17-8-10-19(11-9-17)38(36,37)33-32-24(23-20(27)6-5-7-21(23)28)35-13-12-34(16-22(35)26(2,3)4)25-30-14-18(29)15-31-25/h5-11,14-15,22,33H,12-13,16H2,1-4H3/b32-24+. The minimum absolute atomic E-state index is 0.0853. The Hall–Kier alpha value is -2.95. The number of rotatable bonds is 5. The molecule has 0 saturated carbocycles. The summed E-state index contributed by atoms with van der Waals surface area (Å²) in [6.45, 7) is 9.47. The number of hydrogen-bond acceptors (Lipinski definition) is 6. The van der Waals surface area contributed by atoms with E-state index in [1.807, 2.05) is 16.7 Å². The number of benzene rings is 2. The lowest BCUT2D eigenvalue weighted by Crippen LogP contribution is -2.60. The quantitative estimate of drug-likeness (QED) is 0.257. The number of aryl methyl sites for hydroxylation is 1. The molecule has 4 rings (SSSR count). The fraction of sp³-hybridized carbons (Fsp3) is 0.346. The van der Waals surface area contributed by atoms with Gasteiger partial charge in [0.15, 0.2) is 11.7 Å². The topological polar surface area (TPSA) is 90.8 Å². The third-order valence-electron chi connectivity index (χ3n) is 6.33. The highest BCUT2D eigenvalue weighted by Gasteiger charge is 2.39. The summed E-state index contributed by atoms with van der Waals surface area (Å²) in [6, 6.07) is 11.4. The predicted molar refractivity (Wildman–Crippen MR) is 149 cm³/mol. The lowest BCUT2D eigenvalue weighted by atomic mass is 9.83. The first-order valence-corrected chi connectivity index (χ1v) is 14.2. The number of sulfonamides is 1. The summed E-state index contributed by atoms with van der Waals surface area (Å²) in [5, 5.41) is 5.09. The van der Waals surface area contributed by atoms with Crippen LogP contribution < -0.4 is 9.73 Å². The number of halogens is 3. The van der Waals surface area contributed by atoms with Crippen LogP contribution in [0.3, 0.4) is 0 Å². The Morgan fingerprint density at radius 3 is 2.24 bits per heavy atom. The Morgan fingerprint density at radius 1 is 1.05 bits per heavy atom. The second-order valence-corrected chi connectivity index (χ2v) is 12.6. The number of nitrogens with zero attached hydrogens (tertiary/aromatic N) is 5. The number of nitrogens with one attached hydrogen (secondary N) is 1. The van der Waals surface area contributed by atoms with Crippen molar-refractivity contribution in [1.82, 2.24) is 19.7 Å². The van der Waals surface area contributed by atoms with Crippen molar-refractivity contribution in [3.8, 4) is 0 Å². The molecule has 8 nitrogen and oxygen atoms in total. The van der Waals surface area contributed by atoms with Gasteiger partial charge >= 0.3 is 0 Å². The van der Waals surface area contributed by atoms with Gasteiger partial charge in [-0.2, -0.15) is 13.2 Å². The van der Waals surface area contributed by atoms with Gasteiger partial charge in [0.2, 0.25) is 5.95 Å². The van der Waals surface area contributed by atoms with Gasteiger partial charge < -0.3 is 9.80 Å². The van der Waals surface area contributed by atoms with Crippen LogP contribution in [0.25, 0.3) is 0 Å². The molecule has 1 N–H and O–H groups in total. The van der Waals surface area contributed by atoms with Gasteiger partial charge in [0.25, 0.3) is 10.0 Å². The van der Waals surface area contributed by atoms with Crippen LogP contribution in [0.5, 0.6) is 0 Å². The van der Waals surface area contributed by atoms with Crippen LogP contribution in [0.2, 0.25) is 10.0 Å². The molecule has 2 aromatic carbocycles. The number of hydrazone groups is 1. The van der Waals surface area contributed by atoms with Crippen molar-refractivity contribution in [1.29, 1.82) is 0 Å². The summed E-state index contributed by atoms with van der Waals surface area (Å²) in [4.78, 5) is 14.7. The van der Waals surface area contributed by atoms with Crippen LogP contribution >= 0.6 is 23.2 Å². The molecule has 1 aromatic heterocycles. The first-order valence-electron chi connectivity index (χ1n) is 12.0. The highest BCUT2D eigenvalue weighted by atomic mass is 35.5. The van der Waals surface area contributed by atoms with E-state index >= 15 is 0 Å². The van der Waals surface area contributed by atoms with Gasteiger partial charge in [-0.15, -0.1) is 5.10 Å². The van der Waals surface area contributed by atoms with Crippen molar-refractivity contribution in [2.75, 3.05) is 24.5 Å². The van der Waals surface area contributed by atoms with Crippen LogP contribution in [-0.4, -0.2) is 54.8 Å². The summed E-state index contributed by atoms with van der Waals surface area (Å²) in [5.74, 6) is 0.203. The average Bonchev–Trinajstić information content (AvgIpc) is 2.86. The maximum Gasteiger partial charge on any atom is 0.276 e. The first kappa shape index (κ1) is 28.1. The van der Waals surface area contributed by atoms with Crippen LogP contribution in [-0.2, 0) is 10.0 Å². The summed E-state index contributed by atoms with van der Waals surface area (Å²) < 4.78 is 39.7. The molecule has 0 spiro atoms. The van der Waals surface area contributed by atoms with E-state index in [2.05, 4.69) is 40.7 Å². The number of anilines is 1. The Balaban J connectivity index is 1.76. The van der Waals surface area contributed by atoms with Crippen LogP contribution in [0.15, 0.2) is 64.9 Å². The normalized spacial score (nSPS) is 17.0. The molecule has 202 valence electrons. The van der Waals surface area contributed by atoms with Crippen molar-refractivity contribution < 1.29 is 12.8 Å². The molecule has 2 heterocycles. The molecule has 3 aromatic rings. The van der Waals surface area contributed by atoms with Gasteiger partial charge in [-0.1, -0.05) is 67.7 Å². The molecule has 1 atom stereocenters. The molecule has 1 saturated heterocycles. The molecule has 0 amide bonds. The lowest BCUT2D eigenvalue weighted by molar-refractivity contribution is 0.151. The van der Waals surface area contributed by atoms with Gasteiger partial charge in [0.1, 0.15) is 0 Å². The van der Waals surface area contributed by atoms with E-state index in [4.69, 9.17) is 23.2 Å². The van der Waals surface area contributed by atoms with E-state index in [1.165, 1.54) is 12.1 Å². The second-order valence-electron chi connectivity index (χ2n) is 10.2. The van der Waals surface area contributed by atoms with E-state index in [-0.39, 0.29) is 16.4 Å². The van der Waals surface area contributed by atoms with Gasteiger partial charge in [0, 0.05) is 19.6 Å². The minimum atomic E-state index is -3.97. The zero-order chi connectivity index (χ0) is 27.7. The highest BCUT2D eigenvalue weighted by molar-refractivity contribution is 7.89. The van der Waals surface area contributed by atoms with Crippen LogP contribution in [0.4, 0.5) is 10.3 Å². The molecular weight excluding hydrogens is 550 g/mol. The van der Waals surface area contributed by atoms with Gasteiger partial charge in [0.05, 0.1) is 38.9 Å². The van der Waals surface area contributed by atoms with Crippen LogP contribution in [0.1, 0.15) is 31.9 Å². The number of hydrogen-bond donors (Lipinski definition) is 1. The largest absolute Gasteiger partial charge is 0.348 e. The van der Waals surface area contributed by atoms with Gasteiger partial charge in [-0.05, 0) is 36.6 Å². The third kappa shape index (κ3) is 6.19. The van der Waals surface area contributed by atoms with E-state index in [1.54, 1.807) is 30.3 Å². The molecule has 0 aliphatic carbocycles. The molecule has 1 unspecified atom stereocenters. The van der Waals surface area contributed by atoms with E-state index in [0.29, 0.717) is 47.0 Å². The summed E-state index contributed by atoms with van der Waals surface area (Å²) in [7, 11) is -3.97. The maximum atomic E-state index is 13.4. The third-order valence-corrected chi connectivity index (χ3v) is 8.19. The Kier molecular flexibility index (Phi) is 8.15. The maximum absolute atomic E-state index is 13.4. The molecule has 1 fully saturated rings. The number of amidine groups is 1. The molecule has 38 heavy (non-hydrogen) atoms. The summed E-state index contributed by atoms with van der Waals surface area (Å²) in [5.41, 5.74) is 1.05. The smallest absolute Gasteiger partial charge is 0.276 e. The molecule has 0 radical (unpaired) electrons. The van der Waals surface area contributed by atoms with Crippen molar-refractivity contribution in [3.05, 3.63) is 81.8 Å². The number of aromatic nitrogens is 2. The van der Waals surface area contributed by atoms with Crippen molar-refractivity contribution >= 4 is 45.0 Å². The lowest BCUT2D eigenvalue weighted by Gasteiger charge is -2.48. The van der Waals surface area contributed by atoms with Crippen molar-refractivity contribution in [2.45, 2.75) is 38.6 Å². The summed E-state index contributed by atoms with van der Waals surface area (Å²) >= 11 is 13.2. The molecular formula is C26H29Cl2FN6O2S. The van der Waals surface area contributed by atoms with Gasteiger partial charge in [-0.25, -0.2) is 14.4 Å². The molecule has 0 bridgehead atoms. The second kappa shape index (κ2) is 11.0. The number of piperazine rings is 1. The monoisotopic (exact) mass is 578 g/mol. The zero-order valence-corrected chi connectivity index (χ0v) is 23.8. The SMILES string of the molecule is Cc1ccc(S(=O)(=O)N/N=C(\c2c(Cl)cccc2Cl)N2CCN(c3ncc(F)cn3)CC2C(C)(C)C)cc1. The Bertz CT molecular complexity index is 1410. The first-order chi connectivity index (χ1) is 17.9. The molecule has 1 aliphatic heterocycles. The minimum Gasteiger partial charge on any atom is -0.348 e.